The fraction of sp³-hybridized carbons (Fsp3) is 0.909. The molecule has 4 N–H and O–H groups in total. The summed E-state index contributed by atoms with van der Waals surface area (Å²) >= 11 is 0. The summed E-state index contributed by atoms with van der Waals surface area (Å²) in [5.74, 6) is -1.27. The van der Waals surface area contributed by atoms with Crippen LogP contribution in [0.15, 0.2) is 0 Å². The smallest absolute Gasteiger partial charge is 0.326 e. The monoisotopic (exact) mass is 568 g/mol. The Balaban J connectivity index is 4.18. The average Bonchev–Trinajstić information content (AvgIpc) is 2.93. The molecule has 0 spiro atoms. The van der Waals surface area contributed by atoms with E-state index in [-0.39, 0.29) is 18.0 Å². The quantitative estimate of drug-likeness (QED) is 0.0593. The molecule has 0 aromatic rings. The SMILES string of the molecule is CCCCCCCCCCCCC(=O)OC(CCCCCCC)CCCCCCC(=O)NC(CCCN)C(=O)O. The van der Waals surface area contributed by atoms with Gasteiger partial charge in [-0.25, -0.2) is 4.79 Å². The Morgan fingerprint density at radius 3 is 1.55 bits per heavy atom. The molecule has 0 saturated carbocycles. The third kappa shape index (κ3) is 25.3. The number of nitrogens with one attached hydrogen (secondary N) is 1. The van der Waals surface area contributed by atoms with Crippen LogP contribution in [0.1, 0.15) is 174 Å². The molecule has 0 rings (SSSR count). The number of unbranched alkanes of at least 4 members (excludes halogenated alkanes) is 16. The van der Waals surface area contributed by atoms with Crippen molar-refractivity contribution in [2.45, 2.75) is 187 Å². The minimum atomic E-state index is -1.01. The fourth-order valence-corrected chi connectivity index (χ4v) is 5.10. The number of amides is 1. The number of nitrogens with two attached hydrogens (primary N) is 1. The number of rotatable bonds is 30. The van der Waals surface area contributed by atoms with Crippen molar-refractivity contribution in [1.29, 1.82) is 0 Å². The summed E-state index contributed by atoms with van der Waals surface area (Å²) in [5.41, 5.74) is 5.45. The van der Waals surface area contributed by atoms with Crippen molar-refractivity contribution in [3.63, 3.8) is 0 Å². The average molecular weight is 569 g/mol. The van der Waals surface area contributed by atoms with Gasteiger partial charge >= 0.3 is 11.9 Å². The minimum absolute atomic E-state index is 0.000541. The molecule has 7 heteroatoms. The predicted molar refractivity (Wildman–Crippen MR) is 165 cm³/mol. The molecule has 0 bridgehead atoms. The van der Waals surface area contributed by atoms with E-state index in [1.54, 1.807) is 0 Å². The van der Waals surface area contributed by atoms with Crippen LogP contribution in [0.5, 0.6) is 0 Å². The summed E-state index contributed by atoms with van der Waals surface area (Å²) in [5, 5.41) is 11.8. The van der Waals surface area contributed by atoms with E-state index in [1.165, 1.54) is 77.0 Å². The number of esters is 1. The van der Waals surface area contributed by atoms with E-state index < -0.39 is 12.0 Å². The maximum Gasteiger partial charge on any atom is 0.326 e. The van der Waals surface area contributed by atoms with Gasteiger partial charge in [0.1, 0.15) is 12.1 Å². The predicted octanol–water partition coefficient (Wildman–Crippen LogP) is 8.22. The Hall–Kier alpha value is -1.63. The molecule has 2 atom stereocenters. The minimum Gasteiger partial charge on any atom is -0.480 e. The Morgan fingerprint density at radius 1 is 0.625 bits per heavy atom. The van der Waals surface area contributed by atoms with E-state index >= 15 is 0 Å². The molecule has 40 heavy (non-hydrogen) atoms. The number of carboxylic acid groups (broad SMARTS) is 1. The number of aliphatic carboxylic acids is 1. The van der Waals surface area contributed by atoms with Crippen LogP contribution in [0.3, 0.4) is 0 Å². The van der Waals surface area contributed by atoms with Gasteiger partial charge in [0.05, 0.1) is 0 Å². The summed E-state index contributed by atoms with van der Waals surface area (Å²) in [7, 11) is 0. The van der Waals surface area contributed by atoms with Crippen LogP contribution >= 0.6 is 0 Å². The summed E-state index contributed by atoms with van der Waals surface area (Å²) in [6.45, 7) is 4.88. The van der Waals surface area contributed by atoms with Gasteiger partial charge in [-0.15, -0.1) is 0 Å². The van der Waals surface area contributed by atoms with Crippen LogP contribution in [-0.2, 0) is 19.1 Å². The Morgan fingerprint density at radius 2 is 1.07 bits per heavy atom. The third-order valence-electron chi connectivity index (χ3n) is 7.67. The number of carboxylic acids is 1. The van der Waals surface area contributed by atoms with E-state index in [4.69, 9.17) is 10.5 Å². The summed E-state index contributed by atoms with van der Waals surface area (Å²) in [6.07, 6.45) is 25.8. The van der Waals surface area contributed by atoms with Gasteiger partial charge in [0, 0.05) is 12.8 Å². The zero-order valence-corrected chi connectivity index (χ0v) is 26.2. The van der Waals surface area contributed by atoms with Crippen molar-refractivity contribution >= 4 is 17.8 Å². The van der Waals surface area contributed by atoms with E-state index in [2.05, 4.69) is 19.2 Å². The summed E-state index contributed by atoms with van der Waals surface area (Å²) in [4.78, 5) is 35.9. The van der Waals surface area contributed by atoms with E-state index in [1.807, 2.05) is 0 Å². The maximum atomic E-state index is 12.5. The lowest BCUT2D eigenvalue weighted by atomic mass is 10.0. The van der Waals surface area contributed by atoms with E-state index in [0.717, 1.165) is 57.8 Å². The topological polar surface area (TPSA) is 119 Å². The molecule has 0 aliphatic rings. The van der Waals surface area contributed by atoms with Gasteiger partial charge in [0.25, 0.3) is 0 Å². The second-order valence-electron chi connectivity index (χ2n) is 11.6. The summed E-state index contributed by atoms with van der Waals surface area (Å²) in [6, 6.07) is -0.857. The van der Waals surface area contributed by atoms with Gasteiger partial charge < -0.3 is 20.9 Å². The van der Waals surface area contributed by atoms with Crippen LogP contribution in [0.4, 0.5) is 0 Å². The zero-order valence-electron chi connectivity index (χ0n) is 26.2. The lowest BCUT2D eigenvalue weighted by Crippen LogP contribution is -2.40. The molecule has 7 nitrogen and oxygen atoms in total. The van der Waals surface area contributed by atoms with Crippen molar-refractivity contribution in [2.24, 2.45) is 5.73 Å². The highest BCUT2D eigenvalue weighted by atomic mass is 16.5. The largest absolute Gasteiger partial charge is 0.480 e. The van der Waals surface area contributed by atoms with Crippen LogP contribution in [0, 0.1) is 0 Å². The normalized spacial score (nSPS) is 12.7. The zero-order chi connectivity index (χ0) is 29.7. The highest BCUT2D eigenvalue weighted by Crippen LogP contribution is 2.18. The van der Waals surface area contributed by atoms with Crippen LogP contribution in [-0.4, -0.2) is 41.6 Å². The van der Waals surface area contributed by atoms with Crippen LogP contribution < -0.4 is 11.1 Å². The maximum absolute atomic E-state index is 12.5. The van der Waals surface area contributed by atoms with Crippen molar-refractivity contribution < 1.29 is 24.2 Å². The molecular weight excluding hydrogens is 504 g/mol. The molecule has 0 aromatic carbocycles. The van der Waals surface area contributed by atoms with Crippen LogP contribution in [0.25, 0.3) is 0 Å². The number of hydrogen-bond acceptors (Lipinski definition) is 5. The standard InChI is InChI=1S/C33H64N2O5/c1-3-5-7-9-10-11-12-13-15-21-27-32(37)40-29(23-18-14-8-6-4-2)24-19-16-17-20-26-31(36)35-30(33(38)39)25-22-28-34/h29-30H,3-28,34H2,1-2H3,(H,35,36)(H,38,39). The number of hydrogen-bond donors (Lipinski definition) is 3. The number of carbonyl (C=O) groups excluding carboxylic acids is 2. The first kappa shape index (κ1) is 38.4. The van der Waals surface area contributed by atoms with Gasteiger partial charge in [0.15, 0.2) is 0 Å². The van der Waals surface area contributed by atoms with Crippen molar-refractivity contribution in [1.82, 2.24) is 5.32 Å². The van der Waals surface area contributed by atoms with Crippen molar-refractivity contribution in [2.75, 3.05) is 6.54 Å². The molecule has 0 aliphatic heterocycles. The molecule has 0 radical (unpaired) electrons. The summed E-state index contributed by atoms with van der Waals surface area (Å²) < 4.78 is 5.92. The molecule has 236 valence electrons. The second kappa shape index (κ2) is 28.9. The Labute approximate surface area is 246 Å². The third-order valence-corrected chi connectivity index (χ3v) is 7.67. The number of carbonyl (C=O) groups is 3. The molecular formula is C33H64N2O5. The number of ether oxygens (including phenoxy) is 1. The highest BCUT2D eigenvalue weighted by Gasteiger charge is 2.19. The van der Waals surface area contributed by atoms with Crippen LogP contribution in [0.2, 0.25) is 0 Å². The van der Waals surface area contributed by atoms with Gasteiger partial charge in [-0.3, -0.25) is 9.59 Å². The van der Waals surface area contributed by atoms with Crippen molar-refractivity contribution in [3.05, 3.63) is 0 Å². The Kier molecular flexibility index (Phi) is 27.7. The molecule has 0 heterocycles. The van der Waals surface area contributed by atoms with E-state index in [9.17, 15) is 19.5 Å². The molecule has 0 aliphatic carbocycles. The molecule has 0 saturated heterocycles. The van der Waals surface area contributed by atoms with Gasteiger partial charge in [-0.1, -0.05) is 110 Å². The first-order valence-electron chi connectivity index (χ1n) is 16.9. The molecule has 1 amide bonds. The first-order chi connectivity index (χ1) is 19.4. The van der Waals surface area contributed by atoms with Gasteiger partial charge in [-0.2, -0.15) is 0 Å². The molecule has 0 fully saturated rings. The van der Waals surface area contributed by atoms with Gasteiger partial charge in [0.2, 0.25) is 5.91 Å². The lowest BCUT2D eigenvalue weighted by molar-refractivity contribution is -0.150. The van der Waals surface area contributed by atoms with E-state index in [0.29, 0.717) is 32.2 Å². The lowest BCUT2D eigenvalue weighted by Gasteiger charge is -2.18. The highest BCUT2D eigenvalue weighted by molar-refractivity contribution is 5.83. The Bertz CT molecular complexity index is 614. The molecule has 0 aromatic heterocycles. The fourth-order valence-electron chi connectivity index (χ4n) is 5.10. The van der Waals surface area contributed by atoms with Crippen molar-refractivity contribution in [3.8, 4) is 0 Å². The second-order valence-corrected chi connectivity index (χ2v) is 11.6. The molecule has 2 unspecified atom stereocenters. The van der Waals surface area contributed by atoms with Gasteiger partial charge in [-0.05, 0) is 57.9 Å². The first-order valence-corrected chi connectivity index (χ1v) is 16.9.